The molecule has 0 aliphatic carbocycles. The molecule has 2 N–H and O–H groups in total. The van der Waals surface area contributed by atoms with Gasteiger partial charge in [-0.25, -0.2) is 0 Å². The van der Waals surface area contributed by atoms with Gasteiger partial charge in [-0.3, -0.25) is 4.79 Å². The van der Waals surface area contributed by atoms with Gasteiger partial charge in [0, 0.05) is 32.7 Å². The zero-order valence-corrected chi connectivity index (χ0v) is 13.3. The molecule has 0 saturated carbocycles. The molecule has 1 aliphatic rings. The lowest BCUT2D eigenvalue weighted by Gasteiger charge is -2.32. The molecule has 112 valence electrons. The van der Waals surface area contributed by atoms with Crippen molar-refractivity contribution in [3.05, 3.63) is 0 Å². The summed E-state index contributed by atoms with van der Waals surface area (Å²) < 4.78 is 4.58. The molecule has 0 spiro atoms. The molecule has 1 unspecified atom stereocenters. The number of halogens is 3. The van der Waals surface area contributed by atoms with E-state index in [1.54, 1.807) is 0 Å². The fourth-order valence-corrected chi connectivity index (χ4v) is 1.66. The monoisotopic (exact) mass is 323 g/mol. The molecule has 1 saturated heterocycles. The molecule has 1 aliphatic heterocycles. The number of carbonyl (C=O) groups is 1. The zero-order chi connectivity index (χ0) is 11.3. The van der Waals surface area contributed by atoms with Gasteiger partial charge >= 0.3 is 5.97 Å². The minimum atomic E-state index is -0.477. The molecule has 1 atom stereocenters. The Morgan fingerprint density at radius 1 is 1.22 bits per heavy atom. The van der Waals surface area contributed by atoms with Gasteiger partial charge in [0.05, 0.1) is 7.11 Å². The van der Waals surface area contributed by atoms with Crippen LogP contribution in [0.15, 0.2) is 0 Å². The summed E-state index contributed by atoms with van der Waals surface area (Å²) in [5.74, 6) is -0.316. The van der Waals surface area contributed by atoms with Crippen molar-refractivity contribution < 1.29 is 9.53 Å². The Hall–Kier alpha value is 0.220. The predicted molar refractivity (Wildman–Crippen MR) is 80.3 cm³/mol. The van der Waals surface area contributed by atoms with Crippen molar-refractivity contribution in [1.82, 2.24) is 9.80 Å². The number of nitrogens with two attached hydrogens (primary N) is 1. The fraction of sp³-hybridized carbons (Fsp3) is 0.900. The zero-order valence-electron chi connectivity index (χ0n) is 10.8. The topological polar surface area (TPSA) is 58.8 Å². The summed E-state index contributed by atoms with van der Waals surface area (Å²) >= 11 is 0. The first-order valence-corrected chi connectivity index (χ1v) is 5.38. The van der Waals surface area contributed by atoms with Gasteiger partial charge in [-0.15, -0.1) is 37.2 Å². The largest absolute Gasteiger partial charge is 0.468 e. The average Bonchev–Trinajstić information content (AvgIpc) is 2.26. The molecule has 1 fully saturated rings. The van der Waals surface area contributed by atoms with E-state index >= 15 is 0 Å². The Labute approximate surface area is 128 Å². The highest BCUT2D eigenvalue weighted by molar-refractivity contribution is 5.86. The van der Waals surface area contributed by atoms with E-state index in [2.05, 4.69) is 21.6 Å². The number of ether oxygens (including phenoxy) is 1. The van der Waals surface area contributed by atoms with Gasteiger partial charge in [-0.05, 0) is 13.5 Å². The van der Waals surface area contributed by atoms with E-state index in [4.69, 9.17) is 5.73 Å². The van der Waals surface area contributed by atoms with E-state index in [1.165, 1.54) is 7.11 Å². The number of hydrogen-bond donors (Lipinski definition) is 1. The number of piperazine rings is 1. The molecule has 0 aromatic rings. The number of methoxy groups -OCH3 is 1. The summed E-state index contributed by atoms with van der Waals surface area (Å²) in [5, 5.41) is 0. The third kappa shape index (κ3) is 8.34. The third-order valence-corrected chi connectivity index (χ3v) is 2.86. The van der Waals surface area contributed by atoms with Crippen LogP contribution in [0.25, 0.3) is 0 Å². The van der Waals surface area contributed by atoms with Crippen LogP contribution in [0.5, 0.6) is 0 Å². The maximum Gasteiger partial charge on any atom is 0.322 e. The maximum absolute atomic E-state index is 11.1. The molecule has 0 aromatic heterocycles. The average molecular weight is 325 g/mol. The molecule has 1 heterocycles. The summed E-state index contributed by atoms with van der Waals surface area (Å²) in [7, 11) is 3.50. The fourth-order valence-electron chi connectivity index (χ4n) is 1.66. The van der Waals surface area contributed by atoms with Crippen molar-refractivity contribution in [3.63, 3.8) is 0 Å². The van der Waals surface area contributed by atoms with Crippen LogP contribution in [0.1, 0.15) is 6.42 Å². The van der Waals surface area contributed by atoms with Crippen molar-refractivity contribution in [2.75, 3.05) is 46.9 Å². The summed E-state index contributed by atoms with van der Waals surface area (Å²) in [6, 6.07) is -0.477. The second-order valence-corrected chi connectivity index (χ2v) is 4.06. The van der Waals surface area contributed by atoms with Gasteiger partial charge < -0.3 is 20.3 Å². The van der Waals surface area contributed by atoms with Crippen LogP contribution in [0.4, 0.5) is 0 Å². The molecule has 1 rings (SSSR count). The lowest BCUT2D eigenvalue weighted by Crippen LogP contribution is -2.46. The number of carbonyl (C=O) groups excluding carboxylic acids is 1. The molecule has 18 heavy (non-hydrogen) atoms. The third-order valence-electron chi connectivity index (χ3n) is 2.86. The van der Waals surface area contributed by atoms with E-state index in [0.29, 0.717) is 6.42 Å². The standard InChI is InChI=1S/C10H21N3O2.3ClH/c1-12-5-7-13(8-6-12)4-3-9(11)10(14)15-2;;;/h9H,3-8,11H2,1-2H3;3*1H. The smallest absolute Gasteiger partial charge is 0.322 e. The maximum atomic E-state index is 11.1. The first kappa shape index (κ1) is 23.3. The lowest BCUT2D eigenvalue weighted by atomic mass is 10.2. The van der Waals surface area contributed by atoms with Crippen molar-refractivity contribution in [2.45, 2.75) is 12.5 Å². The summed E-state index contributed by atoms with van der Waals surface area (Å²) in [6.45, 7) is 5.18. The lowest BCUT2D eigenvalue weighted by molar-refractivity contribution is -0.142. The van der Waals surface area contributed by atoms with Gasteiger partial charge in [-0.1, -0.05) is 0 Å². The van der Waals surface area contributed by atoms with Crippen LogP contribution >= 0.6 is 37.2 Å². The van der Waals surface area contributed by atoms with E-state index in [0.717, 1.165) is 32.7 Å². The molecular formula is C10H24Cl3N3O2. The SMILES string of the molecule is COC(=O)C(N)CCN1CCN(C)CC1.Cl.Cl.Cl. The molecule has 0 aromatic carbocycles. The Morgan fingerprint density at radius 2 is 1.72 bits per heavy atom. The van der Waals surface area contributed by atoms with Gasteiger partial charge in [0.2, 0.25) is 0 Å². The molecule has 0 radical (unpaired) electrons. The highest BCUT2D eigenvalue weighted by Crippen LogP contribution is 2.01. The second-order valence-electron chi connectivity index (χ2n) is 4.06. The number of rotatable bonds is 4. The minimum Gasteiger partial charge on any atom is -0.468 e. The van der Waals surface area contributed by atoms with E-state index in [1.807, 2.05) is 0 Å². The van der Waals surface area contributed by atoms with E-state index in [-0.39, 0.29) is 43.2 Å². The van der Waals surface area contributed by atoms with Crippen molar-refractivity contribution in [1.29, 1.82) is 0 Å². The number of esters is 1. The Bertz CT molecular complexity index is 215. The van der Waals surface area contributed by atoms with E-state index < -0.39 is 6.04 Å². The van der Waals surface area contributed by atoms with Crippen molar-refractivity contribution in [2.24, 2.45) is 5.73 Å². The highest BCUT2D eigenvalue weighted by Gasteiger charge is 2.17. The molecular weight excluding hydrogens is 300 g/mol. The van der Waals surface area contributed by atoms with Gasteiger partial charge in [0.25, 0.3) is 0 Å². The van der Waals surface area contributed by atoms with Crippen molar-refractivity contribution in [3.8, 4) is 0 Å². The van der Waals surface area contributed by atoms with Crippen LogP contribution < -0.4 is 5.73 Å². The summed E-state index contributed by atoms with van der Waals surface area (Å²) in [4.78, 5) is 15.7. The Morgan fingerprint density at radius 3 is 2.17 bits per heavy atom. The molecule has 0 bridgehead atoms. The molecule has 5 nitrogen and oxygen atoms in total. The van der Waals surface area contributed by atoms with Crippen LogP contribution in [-0.4, -0.2) is 68.7 Å². The normalized spacial score (nSPS) is 17.7. The molecule has 0 amide bonds. The Balaban J connectivity index is -0.000000750. The number of nitrogens with zero attached hydrogens (tertiary/aromatic N) is 2. The quantitative estimate of drug-likeness (QED) is 0.758. The van der Waals surface area contributed by atoms with Crippen LogP contribution in [-0.2, 0) is 9.53 Å². The van der Waals surface area contributed by atoms with Gasteiger partial charge in [0.1, 0.15) is 6.04 Å². The second kappa shape index (κ2) is 12.3. The molecule has 8 heteroatoms. The minimum absolute atomic E-state index is 0. The van der Waals surface area contributed by atoms with Crippen LogP contribution in [0.2, 0.25) is 0 Å². The van der Waals surface area contributed by atoms with Gasteiger partial charge in [-0.2, -0.15) is 0 Å². The number of hydrogen-bond acceptors (Lipinski definition) is 5. The summed E-state index contributed by atoms with van der Waals surface area (Å²) in [5.41, 5.74) is 5.66. The first-order chi connectivity index (χ1) is 7.13. The van der Waals surface area contributed by atoms with Crippen LogP contribution in [0.3, 0.4) is 0 Å². The first-order valence-electron chi connectivity index (χ1n) is 5.38. The Kier molecular flexibility index (Phi) is 15.9. The van der Waals surface area contributed by atoms with Gasteiger partial charge in [0.15, 0.2) is 0 Å². The predicted octanol–water partition coefficient (Wildman–Crippen LogP) is 0.390. The summed E-state index contributed by atoms with van der Waals surface area (Å²) in [6.07, 6.45) is 0.677. The van der Waals surface area contributed by atoms with E-state index in [9.17, 15) is 4.79 Å². The highest BCUT2D eigenvalue weighted by atomic mass is 35.5. The van der Waals surface area contributed by atoms with Crippen molar-refractivity contribution >= 4 is 43.2 Å². The number of likely N-dealkylation sites (N-methyl/N-ethyl adjacent to an activating group) is 1. The van der Waals surface area contributed by atoms with Crippen LogP contribution in [0, 0.1) is 0 Å².